The zero-order valence-corrected chi connectivity index (χ0v) is 28.0. The van der Waals surface area contributed by atoms with Crippen LogP contribution < -0.4 is 20.9 Å². The van der Waals surface area contributed by atoms with Crippen LogP contribution in [0.1, 0.15) is 22.8 Å². The summed E-state index contributed by atoms with van der Waals surface area (Å²) in [6.07, 6.45) is -7.21. The fourth-order valence-electron chi connectivity index (χ4n) is 4.82. The molecule has 0 saturated carbocycles. The Morgan fingerprint density at radius 3 is 2.08 bits per heavy atom. The molecule has 0 amide bonds. The van der Waals surface area contributed by atoms with Gasteiger partial charge in [-0.15, -0.1) is 0 Å². The van der Waals surface area contributed by atoms with Gasteiger partial charge in [-0.25, -0.2) is 9.78 Å². The number of methoxy groups -OCH3 is 1. The number of alkyl halides is 3. The number of carbonyl (C=O) groups is 1. The Labute approximate surface area is 291 Å². The van der Waals surface area contributed by atoms with E-state index in [1.807, 2.05) is 6.07 Å². The van der Waals surface area contributed by atoms with Crippen molar-refractivity contribution in [1.29, 1.82) is 0 Å². The number of aromatic nitrogens is 2. The van der Waals surface area contributed by atoms with Crippen LogP contribution in [0, 0.1) is 6.92 Å². The average Bonchev–Trinajstić information content (AvgIpc) is 3.07. The lowest BCUT2D eigenvalue weighted by Gasteiger charge is -2.22. The summed E-state index contributed by atoms with van der Waals surface area (Å²) in [5.41, 5.74) is 15.1. The molecule has 0 radical (unpaired) electrons. The first-order chi connectivity index (χ1) is 23.2. The van der Waals surface area contributed by atoms with Gasteiger partial charge in [0.05, 0.1) is 12.8 Å². The van der Waals surface area contributed by atoms with Gasteiger partial charge in [0.1, 0.15) is 16.7 Å². The predicted octanol–water partition coefficient (Wildman–Crippen LogP) is 4.54. The van der Waals surface area contributed by atoms with Gasteiger partial charge in [-0.2, -0.15) is 26.6 Å². The molecule has 16 heteroatoms. The summed E-state index contributed by atoms with van der Waals surface area (Å²) < 4.78 is 83.0. The standard InChI is InChI=1S/C35H31F3N4O6S.2H2O/c1-21-6-16-28(17-7-21)49(44,45)48-33(43)29(39)18-22-8-10-24(11-9-22)30-20-31(42-34(40)41-30)47-32(35(36,37)38)25-14-12-23(13-15-25)26-4-3-5-27(19-26)46-2;;/h3-17,19-20,29,32H,18,39H2,1-2H3,(H2,40,41,42);2*1H2/t29-,32+;;/m0../s1. The van der Waals surface area contributed by atoms with E-state index in [1.54, 1.807) is 73.7 Å². The summed E-state index contributed by atoms with van der Waals surface area (Å²) in [7, 11) is -2.83. The van der Waals surface area contributed by atoms with Gasteiger partial charge in [-0.1, -0.05) is 78.4 Å². The van der Waals surface area contributed by atoms with Crippen molar-refractivity contribution in [3.63, 3.8) is 0 Å². The maximum absolute atomic E-state index is 14.2. The van der Waals surface area contributed by atoms with Crippen molar-refractivity contribution in [2.24, 2.45) is 5.73 Å². The number of carbonyl (C=O) groups excluding carboxylic acids is 1. The predicted molar refractivity (Wildman–Crippen MR) is 183 cm³/mol. The third kappa shape index (κ3) is 10.0. The topological polar surface area (TPSA) is 220 Å². The molecule has 0 bridgehead atoms. The summed E-state index contributed by atoms with van der Waals surface area (Å²) in [5, 5.41) is 0. The van der Waals surface area contributed by atoms with Gasteiger partial charge < -0.3 is 36.1 Å². The van der Waals surface area contributed by atoms with E-state index >= 15 is 0 Å². The molecule has 0 aliphatic heterocycles. The normalized spacial score (nSPS) is 12.4. The zero-order chi connectivity index (χ0) is 35.3. The van der Waals surface area contributed by atoms with Gasteiger partial charge in [-0.05, 0) is 54.3 Å². The summed E-state index contributed by atoms with van der Waals surface area (Å²) in [4.78, 5) is 20.3. The van der Waals surface area contributed by atoms with Gasteiger partial charge in [-0.3, -0.25) is 0 Å². The second kappa shape index (κ2) is 16.4. The van der Waals surface area contributed by atoms with Crippen molar-refractivity contribution in [3.8, 4) is 34.0 Å². The Kier molecular flexibility index (Phi) is 12.9. The minimum absolute atomic E-state index is 0. The molecule has 12 nitrogen and oxygen atoms in total. The SMILES string of the molecule is COc1cccc(-c2ccc([C@@H](Oc3cc(-c4ccc(C[C@H](N)C(=O)OS(=O)(=O)c5ccc(C)cc5)cc4)nc(N)n3)C(F)(F)F)cc2)c1.O.O. The second-order valence-electron chi connectivity index (χ2n) is 11.0. The molecular weight excluding hydrogens is 693 g/mol. The Hall–Kier alpha value is -5.55. The number of anilines is 1. The van der Waals surface area contributed by atoms with Gasteiger partial charge >= 0.3 is 22.3 Å². The van der Waals surface area contributed by atoms with Crippen molar-refractivity contribution in [2.75, 3.05) is 12.8 Å². The number of hydrogen-bond donors (Lipinski definition) is 2. The molecule has 0 aliphatic rings. The quantitative estimate of drug-likeness (QED) is 0.181. The van der Waals surface area contributed by atoms with Crippen LogP contribution in [0.3, 0.4) is 0 Å². The summed E-state index contributed by atoms with van der Waals surface area (Å²) in [5.74, 6) is -1.24. The Bertz CT molecular complexity index is 2050. The highest BCUT2D eigenvalue weighted by Crippen LogP contribution is 2.38. The van der Waals surface area contributed by atoms with Crippen LogP contribution in [0.4, 0.5) is 19.1 Å². The molecule has 0 aliphatic carbocycles. The van der Waals surface area contributed by atoms with E-state index < -0.39 is 40.3 Å². The number of nitrogen functional groups attached to an aromatic ring is 1. The van der Waals surface area contributed by atoms with Crippen LogP contribution in [0.15, 0.2) is 108 Å². The molecule has 0 saturated heterocycles. The summed E-state index contributed by atoms with van der Waals surface area (Å²) >= 11 is 0. The highest BCUT2D eigenvalue weighted by atomic mass is 32.2. The summed E-state index contributed by atoms with van der Waals surface area (Å²) in [6, 6.07) is 25.0. The van der Waals surface area contributed by atoms with E-state index in [0.717, 1.165) is 11.1 Å². The highest BCUT2D eigenvalue weighted by molar-refractivity contribution is 7.87. The van der Waals surface area contributed by atoms with E-state index in [0.29, 0.717) is 22.4 Å². The van der Waals surface area contributed by atoms with E-state index in [-0.39, 0.29) is 39.5 Å². The number of benzene rings is 4. The maximum atomic E-state index is 14.2. The van der Waals surface area contributed by atoms with Crippen LogP contribution in [-0.2, 0) is 25.5 Å². The highest BCUT2D eigenvalue weighted by Gasteiger charge is 2.43. The fraction of sp³-hybridized carbons (Fsp3) is 0.171. The Morgan fingerprint density at radius 2 is 1.47 bits per heavy atom. The minimum atomic E-state index is -4.79. The lowest BCUT2D eigenvalue weighted by molar-refractivity contribution is -0.198. The molecular formula is C35H35F3N4O8S. The number of nitrogens with two attached hydrogens (primary N) is 2. The monoisotopic (exact) mass is 728 g/mol. The van der Waals surface area contributed by atoms with Crippen LogP contribution >= 0.6 is 0 Å². The third-order valence-electron chi connectivity index (χ3n) is 7.38. The van der Waals surface area contributed by atoms with Gasteiger partial charge in [0.25, 0.3) is 0 Å². The van der Waals surface area contributed by atoms with Gasteiger partial charge in [0.2, 0.25) is 17.9 Å². The van der Waals surface area contributed by atoms with Crippen LogP contribution in [0.2, 0.25) is 0 Å². The lowest BCUT2D eigenvalue weighted by Crippen LogP contribution is -2.35. The first kappa shape index (κ1) is 39.9. The van der Waals surface area contributed by atoms with Crippen LogP contribution in [-0.4, -0.2) is 54.6 Å². The van der Waals surface area contributed by atoms with E-state index in [9.17, 15) is 26.4 Å². The molecule has 5 rings (SSSR count). The van der Waals surface area contributed by atoms with Gasteiger partial charge in [0.15, 0.2) is 0 Å². The molecule has 1 heterocycles. The zero-order valence-electron chi connectivity index (χ0n) is 27.2. The van der Waals surface area contributed by atoms with Crippen molar-refractivity contribution < 1.29 is 51.0 Å². The number of aryl methyl sites for hydroxylation is 1. The van der Waals surface area contributed by atoms with E-state index in [4.69, 9.17) is 25.1 Å². The van der Waals surface area contributed by atoms with Crippen molar-refractivity contribution in [2.45, 2.75) is 36.6 Å². The smallest absolute Gasteiger partial charge is 0.429 e. The molecule has 0 fully saturated rings. The first-order valence-corrected chi connectivity index (χ1v) is 16.1. The number of halogens is 3. The molecule has 8 N–H and O–H groups in total. The third-order valence-corrected chi connectivity index (χ3v) is 8.62. The van der Waals surface area contributed by atoms with Crippen LogP contribution in [0.25, 0.3) is 22.4 Å². The minimum Gasteiger partial charge on any atom is -0.497 e. The molecule has 2 atom stereocenters. The number of rotatable bonds is 11. The molecule has 0 spiro atoms. The van der Waals surface area contributed by atoms with Crippen molar-refractivity contribution >= 4 is 22.0 Å². The molecule has 1 aromatic heterocycles. The van der Waals surface area contributed by atoms with E-state index in [2.05, 4.69) is 9.97 Å². The van der Waals surface area contributed by atoms with Gasteiger partial charge in [0, 0.05) is 17.2 Å². The first-order valence-electron chi connectivity index (χ1n) is 14.7. The second-order valence-corrected chi connectivity index (χ2v) is 12.6. The number of hydrogen-bond acceptors (Lipinski definition) is 10. The largest absolute Gasteiger partial charge is 0.497 e. The molecule has 0 unspecified atom stereocenters. The molecule has 5 aromatic rings. The Morgan fingerprint density at radius 1 is 0.843 bits per heavy atom. The number of ether oxygens (including phenoxy) is 2. The van der Waals surface area contributed by atoms with E-state index in [1.165, 1.54) is 37.4 Å². The molecule has 270 valence electrons. The maximum Gasteiger partial charge on any atom is 0.429 e. The van der Waals surface area contributed by atoms with Crippen molar-refractivity contribution in [3.05, 3.63) is 120 Å². The lowest BCUT2D eigenvalue weighted by atomic mass is 10.0. The number of nitrogens with zero attached hydrogens (tertiary/aromatic N) is 2. The summed E-state index contributed by atoms with van der Waals surface area (Å²) in [6.45, 7) is 1.78. The molecule has 51 heavy (non-hydrogen) atoms. The average molecular weight is 729 g/mol. The fourth-order valence-corrected chi connectivity index (χ4v) is 5.73. The van der Waals surface area contributed by atoms with Crippen molar-refractivity contribution in [1.82, 2.24) is 9.97 Å². The van der Waals surface area contributed by atoms with Crippen LogP contribution in [0.5, 0.6) is 11.6 Å². The Balaban J connectivity index is 0.00000351. The molecule has 4 aromatic carbocycles.